The SMILES string of the molecule is CCc1ncnc(NC(C)CCN(C)C)c1F. The molecule has 0 saturated heterocycles. The average Bonchev–Trinajstić information content (AvgIpc) is 2.29. The number of aromatic nitrogens is 2. The number of anilines is 1. The summed E-state index contributed by atoms with van der Waals surface area (Å²) in [5.74, 6) is -0.0187. The van der Waals surface area contributed by atoms with Crippen molar-refractivity contribution in [2.24, 2.45) is 0 Å². The lowest BCUT2D eigenvalue weighted by Gasteiger charge is -2.17. The van der Waals surface area contributed by atoms with E-state index in [1.165, 1.54) is 6.33 Å². The molecular weight excluding hydrogens is 219 g/mol. The summed E-state index contributed by atoms with van der Waals surface area (Å²) in [7, 11) is 4.04. The first-order chi connectivity index (χ1) is 8.04. The molecular formula is C12H21FN4. The van der Waals surface area contributed by atoms with Crippen LogP contribution >= 0.6 is 0 Å². The summed E-state index contributed by atoms with van der Waals surface area (Å²) in [4.78, 5) is 9.95. The zero-order valence-electron chi connectivity index (χ0n) is 11.0. The molecule has 0 spiro atoms. The van der Waals surface area contributed by atoms with E-state index in [0.717, 1.165) is 13.0 Å². The van der Waals surface area contributed by atoms with Gasteiger partial charge < -0.3 is 10.2 Å². The smallest absolute Gasteiger partial charge is 0.186 e. The maximum Gasteiger partial charge on any atom is 0.186 e. The van der Waals surface area contributed by atoms with Gasteiger partial charge in [0.2, 0.25) is 0 Å². The maximum absolute atomic E-state index is 13.8. The van der Waals surface area contributed by atoms with Gasteiger partial charge in [-0.1, -0.05) is 6.92 Å². The first-order valence-electron chi connectivity index (χ1n) is 5.95. The fourth-order valence-corrected chi connectivity index (χ4v) is 1.51. The van der Waals surface area contributed by atoms with Crippen LogP contribution in [-0.2, 0) is 6.42 Å². The van der Waals surface area contributed by atoms with E-state index in [4.69, 9.17) is 0 Å². The molecule has 17 heavy (non-hydrogen) atoms. The van der Waals surface area contributed by atoms with Crippen molar-refractivity contribution in [2.75, 3.05) is 26.0 Å². The van der Waals surface area contributed by atoms with Crippen LogP contribution in [0.25, 0.3) is 0 Å². The second kappa shape index (κ2) is 6.49. The van der Waals surface area contributed by atoms with Crippen molar-refractivity contribution >= 4 is 5.82 Å². The van der Waals surface area contributed by atoms with Gasteiger partial charge in [-0.2, -0.15) is 0 Å². The molecule has 0 fully saturated rings. The molecule has 96 valence electrons. The number of aryl methyl sites for hydroxylation is 1. The van der Waals surface area contributed by atoms with E-state index >= 15 is 0 Å². The predicted molar refractivity (Wildman–Crippen MR) is 67.6 cm³/mol. The molecule has 0 radical (unpaired) electrons. The molecule has 1 atom stereocenters. The van der Waals surface area contributed by atoms with E-state index in [9.17, 15) is 4.39 Å². The Bertz CT molecular complexity index is 354. The molecule has 1 unspecified atom stereocenters. The molecule has 0 aliphatic rings. The van der Waals surface area contributed by atoms with Crippen LogP contribution in [-0.4, -0.2) is 41.5 Å². The highest BCUT2D eigenvalue weighted by molar-refractivity contribution is 5.38. The quantitative estimate of drug-likeness (QED) is 0.825. The third-order valence-electron chi connectivity index (χ3n) is 2.59. The second-order valence-electron chi connectivity index (χ2n) is 4.47. The fraction of sp³-hybridized carbons (Fsp3) is 0.667. The van der Waals surface area contributed by atoms with Crippen molar-refractivity contribution in [3.8, 4) is 0 Å². The highest BCUT2D eigenvalue weighted by Crippen LogP contribution is 2.14. The Morgan fingerprint density at radius 3 is 2.71 bits per heavy atom. The second-order valence-corrected chi connectivity index (χ2v) is 4.47. The molecule has 0 aromatic carbocycles. The number of nitrogens with zero attached hydrogens (tertiary/aromatic N) is 3. The standard InChI is InChI=1S/C12H21FN4/c1-5-10-11(13)12(15-8-14-10)16-9(2)6-7-17(3)4/h8-9H,5-7H2,1-4H3,(H,14,15,16). The van der Waals surface area contributed by atoms with Crippen LogP contribution in [0, 0.1) is 5.82 Å². The lowest BCUT2D eigenvalue weighted by Crippen LogP contribution is -2.24. The molecule has 1 aromatic rings. The Labute approximate surface area is 102 Å². The Kier molecular flexibility index (Phi) is 5.28. The first kappa shape index (κ1) is 13.8. The van der Waals surface area contributed by atoms with E-state index in [1.54, 1.807) is 0 Å². The van der Waals surface area contributed by atoms with Gasteiger partial charge in [-0.15, -0.1) is 0 Å². The zero-order valence-corrected chi connectivity index (χ0v) is 11.0. The van der Waals surface area contributed by atoms with E-state index in [-0.39, 0.29) is 11.9 Å². The Balaban J connectivity index is 2.62. The van der Waals surface area contributed by atoms with E-state index < -0.39 is 0 Å². The van der Waals surface area contributed by atoms with Gasteiger partial charge in [0.25, 0.3) is 0 Å². The van der Waals surface area contributed by atoms with Crippen LogP contribution < -0.4 is 5.32 Å². The lowest BCUT2D eigenvalue weighted by molar-refractivity contribution is 0.390. The van der Waals surface area contributed by atoms with E-state index in [0.29, 0.717) is 17.9 Å². The van der Waals surface area contributed by atoms with Crippen molar-refractivity contribution in [3.05, 3.63) is 17.8 Å². The normalized spacial score (nSPS) is 12.8. The minimum atomic E-state index is -0.327. The molecule has 1 rings (SSSR count). The summed E-state index contributed by atoms with van der Waals surface area (Å²) in [5.41, 5.74) is 0.460. The molecule has 0 aliphatic carbocycles. The topological polar surface area (TPSA) is 41.1 Å². The van der Waals surface area contributed by atoms with Gasteiger partial charge in [0.05, 0.1) is 5.69 Å². The van der Waals surface area contributed by atoms with Crippen LogP contribution in [0.5, 0.6) is 0 Å². The molecule has 4 nitrogen and oxygen atoms in total. The Morgan fingerprint density at radius 1 is 1.41 bits per heavy atom. The summed E-state index contributed by atoms with van der Waals surface area (Å²) < 4.78 is 13.8. The Hall–Kier alpha value is -1.23. The van der Waals surface area contributed by atoms with Gasteiger partial charge >= 0.3 is 0 Å². The van der Waals surface area contributed by atoms with Crippen molar-refractivity contribution in [1.29, 1.82) is 0 Å². The predicted octanol–water partition coefficient (Wildman–Crippen LogP) is 1.93. The first-order valence-corrected chi connectivity index (χ1v) is 5.95. The number of halogens is 1. The monoisotopic (exact) mass is 240 g/mol. The largest absolute Gasteiger partial charge is 0.365 e. The Morgan fingerprint density at radius 2 is 2.12 bits per heavy atom. The number of rotatable bonds is 6. The number of hydrogen-bond donors (Lipinski definition) is 1. The maximum atomic E-state index is 13.8. The molecule has 1 aromatic heterocycles. The summed E-state index contributed by atoms with van der Waals surface area (Å²) >= 11 is 0. The van der Waals surface area contributed by atoms with Crippen LogP contribution in [0.1, 0.15) is 26.0 Å². The lowest BCUT2D eigenvalue weighted by atomic mass is 10.2. The van der Waals surface area contributed by atoms with Gasteiger partial charge in [0, 0.05) is 6.04 Å². The van der Waals surface area contributed by atoms with Gasteiger partial charge in [-0.3, -0.25) is 0 Å². The van der Waals surface area contributed by atoms with Gasteiger partial charge in [-0.05, 0) is 40.4 Å². The average molecular weight is 240 g/mol. The third kappa shape index (κ3) is 4.26. The van der Waals surface area contributed by atoms with Crippen molar-refractivity contribution in [2.45, 2.75) is 32.7 Å². The molecule has 0 saturated carbocycles. The third-order valence-corrected chi connectivity index (χ3v) is 2.59. The van der Waals surface area contributed by atoms with Crippen molar-refractivity contribution in [1.82, 2.24) is 14.9 Å². The molecule has 1 N–H and O–H groups in total. The van der Waals surface area contributed by atoms with Gasteiger partial charge in [0.15, 0.2) is 11.6 Å². The number of hydrogen-bond acceptors (Lipinski definition) is 4. The number of nitrogens with one attached hydrogen (secondary N) is 1. The van der Waals surface area contributed by atoms with Crippen molar-refractivity contribution in [3.63, 3.8) is 0 Å². The minimum Gasteiger partial charge on any atom is -0.365 e. The van der Waals surface area contributed by atoms with E-state index in [1.807, 2.05) is 27.9 Å². The molecule has 0 bridgehead atoms. The molecule has 0 aliphatic heterocycles. The highest BCUT2D eigenvalue weighted by Gasteiger charge is 2.11. The van der Waals surface area contributed by atoms with Crippen LogP contribution in [0.2, 0.25) is 0 Å². The molecule has 1 heterocycles. The summed E-state index contributed by atoms with van der Waals surface area (Å²) in [5, 5.41) is 3.09. The summed E-state index contributed by atoms with van der Waals surface area (Å²) in [6.07, 6.45) is 2.93. The summed E-state index contributed by atoms with van der Waals surface area (Å²) in [6.45, 7) is 4.86. The summed E-state index contributed by atoms with van der Waals surface area (Å²) in [6, 6.07) is 0.187. The molecule has 5 heteroatoms. The molecule has 0 amide bonds. The minimum absolute atomic E-state index is 0.187. The van der Waals surface area contributed by atoms with Crippen molar-refractivity contribution < 1.29 is 4.39 Å². The van der Waals surface area contributed by atoms with Gasteiger partial charge in [-0.25, -0.2) is 14.4 Å². The van der Waals surface area contributed by atoms with Crippen LogP contribution in [0.4, 0.5) is 10.2 Å². The van der Waals surface area contributed by atoms with Crippen LogP contribution in [0.15, 0.2) is 6.33 Å². The highest BCUT2D eigenvalue weighted by atomic mass is 19.1. The van der Waals surface area contributed by atoms with E-state index in [2.05, 4.69) is 20.2 Å². The zero-order chi connectivity index (χ0) is 12.8. The van der Waals surface area contributed by atoms with Crippen LogP contribution in [0.3, 0.4) is 0 Å². The van der Waals surface area contributed by atoms with Gasteiger partial charge in [0.1, 0.15) is 6.33 Å². The fourth-order valence-electron chi connectivity index (χ4n) is 1.51.